The molecule has 1 aromatic rings. The maximum Gasteiger partial charge on any atom is 0.408 e. The summed E-state index contributed by atoms with van der Waals surface area (Å²) >= 11 is 0. The van der Waals surface area contributed by atoms with Gasteiger partial charge in [0.05, 0.1) is 5.92 Å². The van der Waals surface area contributed by atoms with Crippen molar-refractivity contribution >= 4 is 18.0 Å². The van der Waals surface area contributed by atoms with Crippen LogP contribution < -0.4 is 5.32 Å². The SMILES string of the molecule is CC(C)C[C@H](NC(=O)OCc1ccccc1)C(=O)N1CCC(C(=O)O)CC1. The highest BCUT2D eigenvalue weighted by molar-refractivity contribution is 5.86. The second kappa shape index (κ2) is 9.94. The van der Waals surface area contributed by atoms with Gasteiger partial charge in [-0.25, -0.2) is 4.79 Å². The molecule has 0 aliphatic carbocycles. The molecule has 0 spiro atoms. The van der Waals surface area contributed by atoms with Gasteiger partial charge in [-0.2, -0.15) is 0 Å². The predicted octanol–water partition coefficient (Wildman–Crippen LogP) is 2.65. The number of piperidine rings is 1. The van der Waals surface area contributed by atoms with Gasteiger partial charge in [0.25, 0.3) is 0 Å². The molecule has 2 N–H and O–H groups in total. The molecule has 0 unspecified atom stereocenters. The molecule has 0 saturated carbocycles. The van der Waals surface area contributed by atoms with Crippen molar-refractivity contribution in [1.29, 1.82) is 0 Å². The van der Waals surface area contributed by atoms with Crippen LogP contribution in [-0.4, -0.2) is 47.1 Å². The molecule has 1 aliphatic rings. The quantitative estimate of drug-likeness (QED) is 0.763. The van der Waals surface area contributed by atoms with Crippen LogP contribution in [0.1, 0.15) is 38.7 Å². The lowest BCUT2D eigenvalue weighted by Gasteiger charge is -2.33. The summed E-state index contributed by atoms with van der Waals surface area (Å²) in [6, 6.07) is 8.65. The minimum atomic E-state index is -0.816. The topological polar surface area (TPSA) is 95.9 Å². The Balaban J connectivity index is 1.90. The minimum absolute atomic E-state index is 0.138. The molecular weight excluding hydrogens is 348 g/mol. The number of ether oxygens (including phenoxy) is 1. The largest absolute Gasteiger partial charge is 0.481 e. The molecule has 148 valence electrons. The number of amides is 2. The van der Waals surface area contributed by atoms with E-state index in [1.54, 1.807) is 4.90 Å². The molecular formula is C20H28N2O5. The van der Waals surface area contributed by atoms with E-state index < -0.39 is 24.0 Å². The van der Waals surface area contributed by atoms with E-state index in [0.717, 1.165) is 5.56 Å². The third kappa shape index (κ3) is 6.58. The molecule has 1 atom stereocenters. The number of carboxylic acids is 1. The van der Waals surface area contributed by atoms with E-state index in [4.69, 9.17) is 9.84 Å². The van der Waals surface area contributed by atoms with Crippen LogP contribution in [0.15, 0.2) is 30.3 Å². The standard InChI is InChI=1S/C20H28N2O5/c1-14(2)12-17(18(23)22-10-8-16(9-11-22)19(24)25)21-20(26)27-13-15-6-4-3-5-7-15/h3-7,14,16-17H,8-13H2,1-2H3,(H,21,26)(H,24,25)/t17-/m0/s1. The lowest BCUT2D eigenvalue weighted by molar-refractivity contribution is -0.146. The number of benzene rings is 1. The average Bonchev–Trinajstić information content (AvgIpc) is 2.66. The number of likely N-dealkylation sites (tertiary alicyclic amines) is 1. The molecule has 1 aromatic carbocycles. The van der Waals surface area contributed by atoms with Crippen LogP contribution in [0.2, 0.25) is 0 Å². The molecule has 1 aliphatic heterocycles. The van der Waals surface area contributed by atoms with Gasteiger partial charge in [-0.3, -0.25) is 9.59 Å². The summed E-state index contributed by atoms with van der Waals surface area (Å²) in [5.74, 6) is -1.18. The molecule has 2 rings (SSSR count). The number of carboxylic acid groups (broad SMARTS) is 1. The molecule has 7 heteroatoms. The van der Waals surface area contributed by atoms with E-state index in [0.29, 0.717) is 32.4 Å². The van der Waals surface area contributed by atoms with Crippen molar-refractivity contribution in [2.24, 2.45) is 11.8 Å². The Labute approximate surface area is 159 Å². The highest BCUT2D eigenvalue weighted by Crippen LogP contribution is 2.19. The molecule has 27 heavy (non-hydrogen) atoms. The summed E-state index contributed by atoms with van der Waals surface area (Å²) in [6.07, 6.45) is 0.748. The smallest absolute Gasteiger partial charge is 0.408 e. The molecule has 0 bridgehead atoms. The van der Waals surface area contributed by atoms with Crippen molar-refractivity contribution in [3.63, 3.8) is 0 Å². The van der Waals surface area contributed by atoms with Crippen molar-refractivity contribution in [2.45, 2.75) is 45.8 Å². The summed E-state index contributed by atoms with van der Waals surface area (Å²) in [7, 11) is 0. The molecule has 7 nitrogen and oxygen atoms in total. The monoisotopic (exact) mass is 376 g/mol. The number of carbonyl (C=O) groups is 3. The van der Waals surface area contributed by atoms with Crippen molar-refractivity contribution in [3.8, 4) is 0 Å². The van der Waals surface area contributed by atoms with Gasteiger partial charge in [-0.05, 0) is 30.7 Å². The van der Waals surface area contributed by atoms with Crippen molar-refractivity contribution < 1.29 is 24.2 Å². The number of carbonyl (C=O) groups excluding carboxylic acids is 2. The molecule has 0 radical (unpaired) electrons. The van der Waals surface area contributed by atoms with Gasteiger partial charge in [0.2, 0.25) is 5.91 Å². The first kappa shape index (κ1) is 20.7. The third-order valence-electron chi connectivity index (χ3n) is 4.67. The number of nitrogens with zero attached hydrogens (tertiary/aromatic N) is 1. The van der Waals surface area contributed by atoms with Crippen LogP contribution in [0.25, 0.3) is 0 Å². The van der Waals surface area contributed by atoms with Crippen LogP contribution in [0, 0.1) is 11.8 Å². The van der Waals surface area contributed by atoms with Gasteiger partial charge in [0.1, 0.15) is 12.6 Å². The Kier molecular flexibility index (Phi) is 7.64. The number of hydrogen-bond donors (Lipinski definition) is 2. The Morgan fingerprint density at radius 2 is 1.81 bits per heavy atom. The van der Waals surface area contributed by atoms with E-state index in [-0.39, 0.29) is 18.4 Å². The maximum absolute atomic E-state index is 12.8. The Bertz CT molecular complexity index is 639. The first-order valence-electron chi connectivity index (χ1n) is 9.35. The number of hydrogen-bond acceptors (Lipinski definition) is 4. The summed E-state index contributed by atoms with van der Waals surface area (Å²) in [5, 5.41) is 11.8. The Morgan fingerprint density at radius 3 is 2.37 bits per heavy atom. The first-order valence-corrected chi connectivity index (χ1v) is 9.35. The molecule has 0 aromatic heterocycles. The fourth-order valence-corrected chi connectivity index (χ4v) is 3.17. The Morgan fingerprint density at radius 1 is 1.19 bits per heavy atom. The van der Waals surface area contributed by atoms with E-state index in [2.05, 4.69) is 5.32 Å². The van der Waals surface area contributed by atoms with Crippen LogP contribution in [0.4, 0.5) is 4.79 Å². The number of rotatable bonds is 7. The first-order chi connectivity index (χ1) is 12.9. The van der Waals surface area contributed by atoms with Gasteiger partial charge < -0.3 is 20.1 Å². The van der Waals surface area contributed by atoms with E-state index in [1.165, 1.54) is 0 Å². The van der Waals surface area contributed by atoms with Crippen molar-refractivity contribution in [2.75, 3.05) is 13.1 Å². The molecule has 2 amide bonds. The number of nitrogens with one attached hydrogen (secondary N) is 1. The fraction of sp³-hybridized carbons (Fsp3) is 0.550. The van der Waals surface area contributed by atoms with Gasteiger partial charge in [0.15, 0.2) is 0 Å². The average molecular weight is 376 g/mol. The van der Waals surface area contributed by atoms with Crippen LogP contribution in [-0.2, 0) is 20.9 Å². The van der Waals surface area contributed by atoms with Crippen LogP contribution in [0.5, 0.6) is 0 Å². The van der Waals surface area contributed by atoms with Crippen molar-refractivity contribution in [1.82, 2.24) is 10.2 Å². The number of aliphatic carboxylic acids is 1. The number of alkyl carbamates (subject to hydrolysis) is 1. The summed E-state index contributed by atoms with van der Waals surface area (Å²) < 4.78 is 5.23. The second-order valence-corrected chi connectivity index (χ2v) is 7.33. The van der Waals surface area contributed by atoms with Gasteiger partial charge in [0, 0.05) is 13.1 Å². The summed E-state index contributed by atoms with van der Waals surface area (Å²) in [4.78, 5) is 37.7. The van der Waals surface area contributed by atoms with E-state index in [1.807, 2.05) is 44.2 Å². The lowest BCUT2D eigenvalue weighted by Crippen LogP contribution is -2.51. The lowest BCUT2D eigenvalue weighted by atomic mass is 9.95. The summed E-state index contributed by atoms with van der Waals surface area (Å²) in [5.41, 5.74) is 0.870. The zero-order valence-corrected chi connectivity index (χ0v) is 15.9. The van der Waals surface area contributed by atoms with Gasteiger partial charge in [-0.15, -0.1) is 0 Å². The van der Waals surface area contributed by atoms with Crippen molar-refractivity contribution in [3.05, 3.63) is 35.9 Å². The highest BCUT2D eigenvalue weighted by Gasteiger charge is 2.32. The maximum atomic E-state index is 12.8. The summed E-state index contributed by atoms with van der Waals surface area (Å²) in [6.45, 7) is 4.89. The van der Waals surface area contributed by atoms with Crippen LogP contribution >= 0.6 is 0 Å². The zero-order chi connectivity index (χ0) is 19.8. The third-order valence-corrected chi connectivity index (χ3v) is 4.67. The van der Waals surface area contributed by atoms with Gasteiger partial charge in [-0.1, -0.05) is 44.2 Å². The fourth-order valence-electron chi connectivity index (χ4n) is 3.17. The normalized spacial score (nSPS) is 16.0. The molecule has 1 heterocycles. The minimum Gasteiger partial charge on any atom is -0.481 e. The predicted molar refractivity (Wildman–Crippen MR) is 99.9 cm³/mol. The second-order valence-electron chi connectivity index (χ2n) is 7.33. The zero-order valence-electron chi connectivity index (χ0n) is 15.9. The highest BCUT2D eigenvalue weighted by atomic mass is 16.5. The molecule has 1 saturated heterocycles. The van der Waals surface area contributed by atoms with Crippen LogP contribution in [0.3, 0.4) is 0 Å². The molecule has 1 fully saturated rings. The van der Waals surface area contributed by atoms with E-state index >= 15 is 0 Å². The van der Waals surface area contributed by atoms with E-state index in [9.17, 15) is 14.4 Å². The Hall–Kier alpha value is -2.57. The van der Waals surface area contributed by atoms with Gasteiger partial charge >= 0.3 is 12.1 Å².